The summed E-state index contributed by atoms with van der Waals surface area (Å²) in [6.45, 7) is 9.74. The minimum absolute atomic E-state index is 0.0456. The van der Waals surface area contributed by atoms with E-state index in [9.17, 15) is 4.79 Å². The highest BCUT2D eigenvalue weighted by Gasteiger charge is 2.22. The van der Waals surface area contributed by atoms with Crippen LogP contribution in [0.5, 0.6) is 0 Å². The van der Waals surface area contributed by atoms with E-state index in [0.29, 0.717) is 5.69 Å². The Balaban J connectivity index is 1.91. The van der Waals surface area contributed by atoms with Crippen molar-refractivity contribution < 1.29 is 4.79 Å². The summed E-state index contributed by atoms with van der Waals surface area (Å²) < 4.78 is 0. The number of pyridine rings is 1. The molecule has 1 aliphatic heterocycles. The lowest BCUT2D eigenvalue weighted by molar-refractivity contribution is 0.0632. The van der Waals surface area contributed by atoms with Gasteiger partial charge in [-0.1, -0.05) is 6.92 Å². The Labute approximate surface area is 121 Å². The number of hydrogen-bond acceptors (Lipinski definition) is 4. The van der Waals surface area contributed by atoms with Crippen LogP contribution in [-0.2, 0) is 0 Å². The van der Waals surface area contributed by atoms with E-state index < -0.39 is 0 Å². The number of nitrogens with one attached hydrogen (secondary N) is 1. The van der Waals surface area contributed by atoms with Crippen LogP contribution in [0.4, 0.5) is 5.69 Å². The van der Waals surface area contributed by atoms with E-state index in [-0.39, 0.29) is 5.91 Å². The molecule has 1 fully saturated rings. The highest BCUT2D eigenvalue weighted by Crippen LogP contribution is 2.10. The van der Waals surface area contributed by atoms with Crippen molar-refractivity contribution in [3.8, 4) is 0 Å². The van der Waals surface area contributed by atoms with Crippen molar-refractivity contribution in [2.45, 2.75) is 20.3 Å². The number of nitrogens with zero attached hydrogens (tertiary/aromatic N) is 3. The van der Waals surface area contributed by atoms with Crippen LogP contribution >= 0.6 is 0 Å². The third-order valence-electron chi connectivity index (χ3n) is 3.56. The second-order valence-electron chi connectivity index (χ2n) is 5.10. The Kier molecular flexibility index (Phi) is 5.35. The third kappa shape index (κ3) is 3.70. The lowest BCUT2D eigenvalue weighted by atomic mass is 10.2. The first kappa shape index (κ1) is 14.8. The SMILES string of the molecule is CCCN1CCN(C(=O)c2ccc(NCC)cn2)CC1. The molecule has 1 aliphatic rings. The van der Waals surface area contributed by atoms with Gasteiger partial charge in [-0.15, -0.1) is 0 Å². The predicted molar refractivity (Wildman–Crippen MR) is 81.0 cm³/mol. The Bertz CT molecular complexity index is 424. The molecule has 1 aromatic rings. The van der Waals surface area contributed by atoms with E-state index in [0.717, 1.165) is 45.0 Å². The molecule has 0 atom stereocenters. The van der Waals surface area contributed by atoms with Gasteiger partial charge in [0.15, 0.2) is 0 Å². The minimum Gasteiger partial charge on any atom is -0.384 e. The van der Waals surface area contributed by atoms with E-state index >= 15 is 0 Å². The number of carbonyl (C=O) groups is 1. The zero-order chi connectivity index (χ0) is 14.4. The molecule has 5 nitrogen and oxygen atoms in total. The van der Waals surface area contributed by atoms with Crippen molar-refractivity contribution in [1.82, 2.24) is 14.8 Å². The average Bonchev–Trinajstić information content (AvgIpc) is 2.49. The maximum absolute atomic E-state index is 12.4. The summed E-state index contributed by atoms with van der Waals surface area (Å²) >= 11 is 0. The zero-order valence-corrected chi connectivity index (χ0v) is 12.4. The highest BCUT2D eigenvalue weighted by atomic mass is 16.2. The van der Waals surface area contributed by atoms with Crippen LogP contribution in [0.1, 0.15) is 30.8 Å². The highest BCUT2D eigenvalue weighted by molar-refractivity contribution is 5.92. The Hall–Kier alpha value is -1.62. The van der Waals surface area contributed by atoms with Gasteiger partial charge in [0.1, 0.15) is 5.69 Å². The largest absolute Gasteiger partial charge is 0.384 e. The Morgan fingerprint density at radius 2 is 2.00 bits per heavy atom. The molecule has 110 valence electrons. The second kappa shape index (κ2) is 7.24. The molecule has 0 spiro atoms. The molecule has 0 aliphatic carbocycles. The molecule has 0 bridgehead atoms. The summed E-state index contributed by atoms with van der Waals surface area (Å²) in [6.07, 6.45) is 2.89. The predicted octanol–water partition coefficient (Wildman–Crippen LogP) is 1.68. The van der Waals surface area contributed by atoms with Crippen molar-refractivity contribution in [2.75, 3.05) is 44.6 Å². The molecule has 0 radical (unpaired) electrons. The van der Waals surface area contributed by atoms with E-state index in [2.05, 4.69) is 22.1 Å². The van der Waals surface area contributed by atoms with Crippen molar-refractivity contribution in [3.63, 3.8) is 0 Å². The van der Waals surface area contributed by atoms with Crippen LogP contribution < -0.4 is 5.32 Å². The number of amides is 1. The Morgan fingerprint density at radius 3 is 2.55 bits per heavy atom. The van der Waals surface area contributed by atoms with Gasteiger partial charge in [-0.25, -0.2) is 4.98 Å². The smallest absolute Gasteiger partial charge is 0.272 e. The van der Waals surface area contributed by atoms with Gasteiger partial charge in [0, 0.05) is 32.7 Å². The minimum atomic E-state index is 0.0456. The average molecular weight is 276 g/mol. The van der Waals surface area contributed by atoms with Gasteiger partial charge < -0.3 is 10.2 Å². The van der Waals surface area contributed by atoms with Crippen molar-refractivity contribution in [2.24, 2.45) is 0 Å². The maximum Gasteiger partial charge on any atom is 0.272 e. The number of piperazine rings is 1. The number of rotatable bonds is 5. The molecule has 1 aromatic heterocycles. The molecule has 1 saturated heterocycles. The van der Waals surface area contributed by atoms with Crippen LogP contribution in [0.2, 0.25) is 0 Å². The number of carbonyl (C=O) groups excluding carboxylic acids is 1. The topological polar surface area (TPSA) is 48.5 Å². The first-order chi connectivity index (χ1) is 9.74. The van der Waals surface area contributed by atoms with Crippen LogP contribution in [0.25, 0.3) is 0 Å². The molecule has 0 unspecified atom stereocenters. The molecule has 1 N–H and O–H groups in total. The van der Waals surface area contributed by atoms with Gasteiger partial charge in [0.25, 0.3) is 5.91 Å². The fourth-order valence-corrected chi connectivity index (χ4v) is 2.48. The van der Waals surface area contributed by atoms with Gasteiger partial charge in [-0.3, -0.25) is 9.69 Å². The molecular formula is C15H24N4O. The van der Waals surface area contributed by atoms with Crippen molar-refractivity contribution in [3.05, 3.63) is 24.0 Å². The van der Waals surface area contributed by atoms with Crippen molar-refractivity contribution in [1.29, 1.82) is 0 Å². The van der Waals surface area contributed by atoms with E-state index in [4.69, 9.17) is 0 Å². The van der Waals surface area contributed by atoms with Gasteiger partial charge in [0.2, 0.25) is 0 Å². The molecule has 1 amide bonds. The number of aromatic nitrogens is 1. The summed E-state index contributed by atoms with van der Waals surface area (Å²) in [5, 5.41) is 3.18. The second-order valence-corrected chi connectivity index (χ2v) is 5.10. The van der Waals surface area contributed by atoms with E-state index in [1.807, 2.05) is 17.9 Å². The lowest BCUT2D eigenvalue weighted by Gasteiger charge is -2.34. The van der Waals surface area contributed by atoms with Crippen LogP contribution in [0.3, 0.4) is 0 Å². The Morgan fingerprint density at radius 1 is 1.25 bits per heavy atom. The van der Waals surface area contributed by atoms with E-state index in [1.54, 1.807) is 12.3 Å². The molecule has 2 heterocycles. The van der Waals surface area contributed by atoms with Crippen LogP contribution in [0.15, 0.2) is 18.3 Å². The number of hydrogen-bond donors (Lipinski definition) is 1. The summed E-state index contributed by atoms with van der Waals surface area (Å²) in [5.74, 6) is 0.0456. The molecule has 5 heteroatoms. The first-order valence-corrected chi connectivity index (χ1v) is 7.46. The summed E-state index contributed by atoms with van der Waals surface area (Å²) in [4.78, 5) is 20.9. The normalized spacial score (nSPS) is 16.2. The fourth-order valence-electron chi connectivity index (χ4n) is 2.48. The fraction of sp³-hybridized carbons (Fsp3) is 0.600. The quantitative estimate of drug-likeness (QED) is 0.889. The molecule has 0 aromatic carbocycles. The van der Waals surface area contributed by atoms with E-state index in [1.165, 1.54) is 6.42 Å². The summed E-state index contributed by atoms with van der Waals surface area (Å²) in [5.41, 5.74) is 1.49. The monoisotopic (exact) mass is 276 g/mol. The van der Waals surface area contributed by atoms with Crippen LogP contribution in [-0.4, -0.2) is 60.0 Å². The lowest BCUT2D eigenvalue weighted by Crippen LogP contribution is -2.48. The third-order valence-corrected chi connectivity index (χ3v) is 3.56. The summed E-state index contributed by atoms with van der Waals surface area (Å²) in [6, 6.07) is 3.72. The first-order valence-electron chi connectivity index (χ1n) is 7.46. The maximum atomic E-state index is 12.4. The molecule has 2 rings (SSSR count). The van der Waals surface area contributed by atoms with Gasteiger partial charge in [0.05, 0.1) is 11.9 Å². The van der Waals surface area contributed by atoms with Gasteiger partial charge >= 0.3 is 0 Å². The standard InChI is InChI=1S/C15H24N4O/c1-3-7-18-8-10-19(11-9-18)15(20)14-6-5-13(12-17-14)16-4-2/h5-6,12,16H,3-4,7-11H2,1-2H3. The van der Waals surface area contributed by atoms with Crippen LogP contribution in [0, 0.1) is 0 Å². The van der Waals surface area contributed by atoms with Gasteiger partial charge in [-0.05, 0) is 32.0 Å². The molecule has 0 saturated carbocycles. The zero-order valence-electron chi connectivity index (χ0n) is 12.4. The number of anilines is 1. The summed E-state index contributed by atoms with van der Waals surface area (Å²) in [7, 11) is 0. The molecular weight excluding hydrogens is 252 g/mol. The molecule has 20 heavy (non-hydrogen) atoms. The van der Waals surface area contributed by atoms with Crippen molar-refractivity contribution >= 4 is 11.6 Å². The van der Waals surface area contributed by atoms with Gasteiger partial charge in [-0.2, -0.15) is 0 Å².